The fraction of sp³-hybridized carbons (Fsp3) is 0.250. The molecule has 1 atom stereocenters. The molecule has 30 heavy (non-hydrogen) atoms. The molecule has 1 heterocycles. The van der Waals surface area contributed by atoms with E-state index in [4.69, 9.17) is 4.74 Å². The normalized spacial score (nSPS) is 15.6. The number of hydrogen-bond acceptors (Lipinski definition) is 6. The first-order chi connectivity index (χ1) is 14.3. The molecule has 0 radical (unpaired) electrons. The molecule has 0 saturated carbocycles. The van der Waals surface area contributed by atoms with E-state index in [9.17, 15) is 24.5 Å². The van der Waals surface area contributed by atoms with Crippen molar-refractivity contribution in [1.82, 2.24) is 0 Å². The summed E-state index contributed by atoms with van der Waals surface area (Å²) < 4.78 is 5.15. The van der Waals surface area contributed by atoms with Crippen LogP contribution < -0.4 is 20.3 Å². The zero-order valence-electron chi connectivity index (χ0n) is 16.4. The van der Waals surface area contributed by atoms with Gasteiger partial charge in [-0.3, -0.25) is 24.5 Å². The maximum absolute atomic E-state index is 12.7. The molecule has 0 aliphatic carbocycles. The Kier molecular flexibility index (Phi) is 5.95. The zero-order valence-corrected chi connectivity index (χ0v) is 16.4. The first-order valence-corrected chi connectivity index (χ1v) is 9.10. The molecular weight excluding hydrogens is 392 g/mol. The third-order valence-electron chi connectivity index (χ3n) is 4.65. The Morgan fingerprint density at radius 3 is 2.47 bits per heavy atom. The lowest BCUT2D eigenvalue weighted by molar-refractivity contribution is -0.384. The number of nitrogens with one attached hydrogen (secondary N) is 2. The summed E-state index contributed by atoms with van der Waals surface area (Å²) in [6.07, 6.45) is 0.0104. The van der Waals surface area contributed by atoms with Crippen LogP contribution >= 0.6 is 0 Å². The van der Waals surface area contributed by atoms with Gasteiger partial charge in [0.1, 0.15) is 5.75 Å². The number of methoxy groups -OCH3 is 1. The van der Waals surface area contributed by atoms with Gasteiger partial charge in [0.05, 0.1) is 23.6 Å². The van der Waals surface area contributed by atoms with E-state index in [1.54, 1.807) is 24.3 Å². The highest BCUT2D eigenvalue weighted by molar-refractivity contribution is 6.04. The smallest absolute Gasteiger partial charge is 0.271 e. The van der Waals surface area contributed by atoms with E-state index in [1.165, 1.54) is 37.1 Å². The summed E-state index contributed by atoms with van der Waals surface area (Å²) in [5.74, 6) is -1.19. The summed E-state index contributed by atoms with van der Waals surface area (Å²) in [5.41, 5.74) is 1.19. The Morgan fingerprint density at radius 2 is 1.87 bits per heavy atom. The van der Waals surface area contributed by atoms with Crippen LogP contribution in [0, 0.1) is 16.0 Å². The third-order valence-corrected chi connectivity index (χ3v) is 4.65. The Labute approximate surface area is 172 Å². The highest BCUT2D eigenvalue weighted by Crippen LogP contribution is 2.31. The molecule has 10 nitrogen and oxygen atoms in total. The molecule has 3 amide bonds. The van der Waals surface area contributed by atoms with Crippen molar-refractivity contribution >= 4 is 40.5 Å². The topological polar surface area (TPSA) is 131 Å². The van der Waals surface area contributed by atoms with Crippen LogP contribution in [0.2, 0.25) is 0 Å². The van der Waals surface area contributed by atoms with Gasteiger partial charge in [-0.05, 0) is 30.3 Å². The van der Waals surface area contributed by atoms with E-state index in [1.807, 2.05) is 0 Å². The summed E-state index contributed by atoms with van der Waals surface area (Å²) in [6.45, 7) is 1.57. The van der Waals surface area contributed by atoms with Crippen molar-refractivity contribution in [2.75, 3.05) is 29.2 Å². The number of ether oxygens (including phenoxy) is 1. The van der Waals surface area contributed by atoms with Crippen molar-refractivity contribution in [2.24, 2.45) is 5.92 Å². The van der Waals surface area contributed by atoms with Crippen LogP contribution in [0.1, 0.15) is 13.3 Å². The molecule has 3 rings (SSSR count). The molecule has 0 bridgehead atoms. The second-order valence-corrected chi connectivity index (χ2v) is 6.76. The van der Waals surface area contributed by atoms with E-state index in [0.717, 1.165) is 0 Å². The highest BCUT2D eigenvalue weighted by atomic mass is 16.6. The SMILES string of the molecule is COc1ccc([N+](=O)[O-])cc1NC(=O)C1CC(=O)N(c2ccc(NC(C)=O)cc2)C1. The second-order valence-electron chi connectivity index (χ2n) is 6.76. The fourth-order valence-corrected chi connectivity index (χ4v) is 3.20. The van der Waals surface area contributed by atoms with E-state index in [2.05, 4.69) is 10.6 Å². The molecule has 2 aromatic carbocycles. The number of nitrogens with zero attached hydrogens (tertiary/aromatic N) is 2. The van der Waals surface area contributed by atoms with Crippen molar-refractivity contribution < 1.29 is 24.0 Å². The van der Waals surface area contributed by atoms with E-state index >= 15 is 0 Å². The zero-order chi connectivity index (χ0) is 21.8. The minimum absolute atomic E-state index is 0.0104. The number of rotatable bonds is 6. The van der Waals surface area contributed by atoms with Gasteiger partial charge in [-0.1, -0.05) is 0 Å². The molecule has 1 saturated heterocycles. The largest absolute Gasteiger partial charge is 0.495 e. The number of non-ortho nitro benzene ring substituents is 1. The first-order valence-electron chi connectivity index (χ1n) is 9.10. The molecule has 1 unspecified atom stereocenters. The molecule has 1 aliphatic rings. The average molecular weight is 412 g/mol. The number of carbonyl (C=O) groups excluding carboxylic acids is 3. The van der Waals surface area contributed by atoms with Gasteiger partial charge in [0.15, 0.2) is 0 Å². The van der Waals surface area contributed by atoms with Crippen molar-refractivity contribution in [3.8, 4) is 5.75 Å². The lowest BCUT2D eigenvalue weighted by Gasteiger charge is -2.17. The van der Waals surface area contributed by atoms with Gasteiger partial charge < -0.3 is 20.3 Å². The molecule has 1 aliphatic heterocycles. The summed E-state index contributed by atoms with van der Waals surface area (Å²) in [5, 5.41) is 16.3. The number of carbonyl (C=O) groups is 3. The number of hydrogen-bond donors (Lipinski definition) is 2. The number of benzene rings is 2. The van der Waals surface area contributed by atoms with Crippen LogP contribution in [0.4, 0.5) is 22.7 Å². The molecule has 2 N–H and O–H groups in total. The summed E-state index contributed by atoms with van der Waals surface area (Å²) in [4.78, 5) is 48.2. The molecule has 1 fully saturated rings. The van der Waals surface area contributed by atoms with Gasteiger partial charge in [-0.25, -0.2) is 0 Å². The Morgan fingerprint density at radius 1 is 1.17 bits per heavy atom. The van der Waals surface area contributed by atoms with Crippen molar-refractivity contribution in [2.45, 2.75) is 13.3 Å². The summed E-state index contributed by atoms with van der Waals surface area (Å²) in [6, 6.07) is 10.6. The third kappa shape index (κ3) is 4.54. The van der Waals surface area contributed by atoms with Gasteiger partial charge in [-0.2, -0.15) is 0 Å². The van der Waals surface area contributed by atoms with Gasteiger partial charge in [0, 0.05) is 43.4 Å². The van der Waals surface area contributed by atoms with E-state index in [0.29, 0.717) is 11.4 Å². The van der Waals surface area contributed by atoms with Crippen LogP contribution in [0.5, 0.6) is 5.75 Å². The van der Waals surface area contributed by atoms with E-state index in [-0.39, 0.29) is 41.9 Å². The maximum Gasteiger partial charge on any atom is 0.271 e. The van der Waals surface area contributed by atoms with Gasteiger partial charge in [0.2, 0.25) is 17.7 Å². The molecule has 156 valence electrons. The van der Waals surface area contributed by atoms with Crippen LogP contribution in [-0.2, 0) is 14.4 Å². The first kappa shape index (κ1) is 20.8. The molecule has 2 aromatic rings. The molecule has 10 heteroatoms. The summed E-state index contributed by atoms with van der Waals surface area (Å²) in [7, 11) is 1.39. The quantitative estimate of drug-likeness (QED) is 0.554. The minimum atomic E-state index is -0.628. The standard InChI is InChI=1S/C20H20N4O6/c1-12(25)21-14-3-5-15(6-4-14)23-11-13(9-19(23)26)20(27)22-17-10-16(24(28)29)7-8-18(17)30-2/h3-8,10,13H,9,11H2,1-2H3,(H,21,25)(H,22,27). The fourth-order valence-electron chi connectivity index (χ4n) is 3.20. The van der Waals surface area contributed by atoms with E-state index < -0.39 is 16.7 Å². The Hall–Kier alpha value is -3.95. The van der Waals surface area contributed by atoms with Gasteiger partial charge in [-0.15, -0.1) is 0 Å². The predicted molar refractivity (Wildman–Crippen MR) is 109 cm³/mol. The lowest BCUT2D eigenvalue weighted by atomic mass is 10.1. The average Bonchev–Trinajstić information content (AvgIpc) is 3.10. The van der Waals surface area contributed by atoms with Crippen molar-refractivity contribution in [3.63, 3.8) is 0 Å². The predicted octanol–water partition coefficient (Wildman–Crippen LogP) is 2.55. The second kappa shape index (κ2) is 8.60. The lowest BCUT2D eigenvalue weighted by Crippen LogP contribution is -2.28. The van der Waals surface area contributed by atoms with Crippen LogP contribution in [0.3, 0.4) is 0 Å². The number of nitro groups is 1. The van der Waals surface area contributed by atoms with Crippen molar-refractivity contribution in [3.05, 3.63) is 52.6 Å². The van der Waals surface area contributed by atoms with Crippen LogP contribution in [-0.4, -0.2) is 36.3 Å². The molecular formula is C20H20N4O6. The number of nitro benzene ring substituents is 1. The van der Waals surface area contributed by atoms with Crippen molar-refractivity contribution in [1.29, 1.82) is 0 Å². The monoisotopic (exact) mass is 412 g/mol. The summed E-state index contributed by atoms with van der Waals surface area (Å²) >= 11 is 0. The van der Waals surface area contributed by atoms with Gasteiger partial charge >= 0.3 is 0 Å². The molecule has 0 aromatic heterocycles. The highest BCUT2D eigenvalue weighted by Gasteiger charge is 2.35. The molecule has 0 spiro atoms. The van der Waals surface area contributed by atoms with Crippen LogP contribution in [0.25, 0.3) is 0 Å². The Balaban J connectivity index is 1.72. The maximum atomic E-state index is 12.7. The number of anilines is 3. The Bertz CT molecular complexity index is 1000. The van der Waals surface area contributed by atoms with Crippen LogP contribution in [0.15, 0.2) is 42.5 Å². The minimum Gasteiger partial charge on any atom is -0.495 e. The van der Waals surface area contributed by atoms with Gasteiger partial charge in [0.25, 0.3) is 5.69 Å². The number of amides is 3.